The lowest BCUT2D eigenvalue weighted by atomic mass is 9.81. The Hall–Kier alpha value is -1.48. The van der Waals surface area contributed by atoms with Crippen LogP contribution in [0.1, 0.15) is 36.3 Å². The molecule has 0 bridgehead atoms. The average molecular weight is 246 g/mol. The summed E-state index contributed by atoms with van der Waals surface area (Å²) < 4.78 is 6.00. The molecule has 1 aromatic rings. The Bertz CT molecular complexity index is 481. The number of ether oxygens (including phenoxy) is 1. The molecule has 0 saturated heterocycles. The highest BCUT2D eigenvalue weighted by Gasteiger charge is 2.40. The van der Waals surface area contributed by atoms with Gasteiger partial charge in [-0.05, 0) is 31.4 Å². The molecule has 3 rings (SSSR count). The third-order valence-electron chi connectivity index (χ3n) is 3.98. The van der Waals surface area contributed by atoms with Crippen molar-refractivity contribution in [1.82, 2.24) is 0 Å². The highest BCUT2D eigenvalue weighted by molar-refractivity contribution is 5.52. The van der Waals surface area contributed by atoms with Gasteiger partial charge in [0.05, 0.1) is 6.10 Å². The quantitative estimate of drug-likeness (QED) is 0.788. The number of phenols is 1. The van der Waals surface area contributed by atoms with E-state index in [4.69, 9.17) is 4.74 Å². The average Bonchev–Trinajstić information content (AvgIpc) is 2.67. The number of benzene rings is 1. The molecule has 1 saturated carbocycles. The minimum absolute atomic E-state index is 0.0640. The smallest absolute Gasteiger partial charge is 0.127 e. The number of allylic oxidation sites excluding steroid dienone is 1. The van der Waals surface area contributed by atoms with Gasteiger partial charge in [-0.3, -0.25) is 0 Å². The molecule has 0 amide bonds. The zero-order chi connectivity index (χ0) is 12.7. The first-order valence-electron chi connectivity index (χ1n) is 6.50. The predicted molar refractivity (Wildman–Crippen MR) is 69.0 cm³/mol. The topological polar surface area (TPSA) is 49.7 Å². The lowest BCUT2D eigenvalue weighted by molar-refractivity contribution is 0.0548. The Labute approximate surface area is 107 Å². The fourth-order valence-electron chi connectivity index (χ4n) is 3.17. The van der Waals surface area contributed by atoms with Crippen LogP contribution in [0.15, 0.2) is 24.8 Å². The van der Waals surface area contributed by atoms with Crippen molar-refractivity contribution in [2.24, 2.45) is 0 Å². The first-order chi connectivity index (χ1) is 8.69. The van der Waals surface area contributed by atoms with E-state index < -0.39 is 0 Å². The third kappa shape index (κ3) is 1.79. The van der Waals surface area contributed by atoms with E-state index in [1.807, 2.05) is 12.1 Å². The maximum absolute atomic E-state index is 9.81. The van der Waals surface area contributed by atoms with E-state index in [0.717, 1.165) is 29.7 Å². The molecule has 0 aromatic heterocycles. The molecule has 2 aliphatic rings. The van der Waals surface area contributed by atoms with E-state index in [0.29, 0.717) is 24.5 Å². The van der Waals surface area contributed by atoms with Gasteiger partial charge in [-0.2, -0.15) is 0 Å². The first-order valence-corrected chi connectivity index (χ1v) is 6.50. The number of hydrogen-bond acceptors (Lipinski definition) is 3. The molecule has 1 aliphatic heterocycles. The molecule has 3 heteroatoms. The molecule has 3 nitrogen and oxygen atoms in total. The van der Waals surface area contributed by atoms with Gasteiger partial charge in [-0.15, -0.1) is 6.58 Å². The first kappa shape index (κ1) is 11.6. The van der Waals surface area contributed by atoms with Crippen molar-refractivity contribution in [2.45, 2.75) is 43.8 Å². The Morgan fingerprint density at radius 2 is 2.22 bits per heavy atom. The van der Waals surface area contributed by atoms with Gasteiger partial charge < -0.3 is 14.9 Å². The van der Waals surface area contributed by atoms with Crippen LogP contribution in [-0.4, -0.2) is 22.4 Å². The summed E-state index contributed by atoms with van der Waals surface area (Å²) in [7, 11) is 0. The highest BCUT2D eigenvalue weighted by Crippen LogP contribution is 2.48. The minimum Gasteiger partial charge on any atom is -0.508 e. The number of aliphatic hydroxyl groups is 1. The molecule has 18 heavy (non-hydrogen) atoms. The van der Waals surface area contributed by atoms with Gasteiger partial charge in [0.15, 0.2) is 0 Å². The van der Waals surface area contributed by atoms with Crippen molar-refractivity contribution in [1.29, 1.82) is 0 Å². The summed E-state index contributed by atoms with van der Waals surface area (Å²) in [5.74, 6) is 1.51. The van der Waals surface area contributed by atoms with Gasteiger partial charge in [0, 0.05) is 23.5 Å². The molecule has 1 aromatic carbocycles. The highest BCUT2D eigenvalue weighted by atomic mass is 16.5. The summed E-state index contributed by atoms with van der Waals surface area (Å²) in [5, 5.41) is 19.5. The summed E-state index contributed by atoms with van der Waals surface area (Å²) >= 11 is 0. The summed E-state index contributed by atoms with van der Waals surface area (Å²) in [5.41, 5.74) is 2.09. The van der Waals surface area contributed by atoms with Crippen LogP contribution in [-0.2, 0) is 6.42 Å². The van der Waals surface area contributed by atoms with Gasteiger partial charge in [0.25, 0.3) is 0 Å². The standard InChI is InChI=1S/C15H18O3/c1-2-3-9-6-11(17)7-13-12-5-4-10(16)8-14(12)18-15(9)13/h2,6-7,10,12,14,16-17H,1,3-5,8H2/t10-,12?,14?/m0/s1. The molecule has 1 heterocycles. The normalized spacial score (nSPS) is 29.3. The van der Waals surface area contributed by atoms with E-state index in [9.17, 15) is 10.2 Å². The minimum atomic E-state index is -0.253. The van der Waals surface area contributed by atoms with Crippen LogP contribution in [0.25, 0.3) is 0 Å². The molecule has 3 atom stereocenters. The Balaban J connectivity index is 2.00. The fourth-order valence-corrected chi connectivity index (χ4v) is 3.17. The summed E-state index contributed by atoms with van der Waals surface area (Å²) in [6, 6.07) is 3.55. The van der Waals surface area contributed by atoms with Gasteiger partial charge in [-0.25, -0.2) is 0 Å². The van der Waals surface area contributed by atoms with E-state index in [-0.39, 0.29) is 12.2 Å². The number of fused-ring (bicyclic) bond motifs is 3. The maximum atomic E-state index is 9.81. The number of phenolic OH excluding ortho intramolecular Hbond substituents is 1. The van der Waals surface area contributed by atoms with Gasteiger partial charge in [0.2, 0.25) is 0 Å². The summed E-state index contributed by atoms with van der Waals surface area (Å²) in [6.45, 7) is 3.74. The lowest BCUT2D eigenvalue weighted by Gasteiger charge is -2.27. The third-order valence-corrected chi connectivity index (χ3v) is 3.98. The van der Waals surface area contributed by atoms with Gasteiger partial charge in [0.1, 0.15) is 17.6 Å². The Morgan fingerprint density at radius 1 is 1.39 bits per heavy atom. The molecule has 96 valence electrons. The van der Waals surface area contributed by atoms with Crippen LogP contribution in [0.4, 0.5) is 0 Å². The van der Waals surface area contributed by atoms with Crippen molar-refractivity contribution in [3.63, 3.8) is 0 Å². The van der Waals surface area contributed by atoms with E-state index >= 15 is 0 Å². The second kappa shape index (κ2) is 4.32. The molecular formula is C15H18O3. The van der Waals surface area contributed by atoms with E-state index in [2.05, 4.69) is 6.58 Å². The van der Waals surface area contributed by atoms with Crippen LogP contribution >= 0.6 is 0 Å². The summed E-state index contributed by atoms with van der Waals surface area (Å²) in [6.07, 6.45) is 4.75. The van der Waals surface area contributed by atoms with Crippen molar-refractivity contribution in [3.05, 3.63) is 35.9 Å². The second-order valence-electron chi connectivity index (χ2n) is 5.25. The van der Waals surface area contributed by atoms with Gasteiger partial charge in [-0.1, -0.05) is 6.08 Å². The predicted octanol–water partition coefficient (Wildman–Crippen LogP) is 2.51. The molecule has 0 spiro atoms. The second-order valence-corrected chi connectivity index (χ2v) is 5.25. The Kier molecular flexibility index (Phi) is 2.78. The lowest BCUT2D eigenvalue weighted by Crippen LogP contribution is -2.30. The van der Waals surface area contributed by atoms with Crippen LogP contribution in [0.5, 0.6) is 11.5 Å². The Morgan fingerprint density at radius 3 is 3.00 bits per heavy atom. The van der Waals surface area contributed by atoms with Crippen LogP contribution in [0.3, 0.4) is 0 Å². The molecule has 0 radical (unpaired) electrons. The number of aliphatic hydroxyl groups excluding tert-OH is 1. The molecule has 1 fully saturated rings. The zero-order valence-corrected chi connectivity index (χ0v) is 10.3. The van der Waals surface area contributed by atoms with Crippen LogP contribution in [0.2, 0.25) is 0 Å². The number of rotatable bonds is 2. The van der Waals surface area contributed by atoms with Crippen molar-refractivity contribution < 1.29 is 14.9 Å². The van der Waals surface area contributed by atoms with E-state index in [1.165, 1.54) is 0 Å². The maximum Gasteiger partial charge on any atom is 0.127 e. The summed E-state index contributed by atoms with van der Waals surface area (Å²) in [4.78, 5) is 0. The van der Waals surface area contributed by atoms with Crippen LogP contribution in [0, 0.1) is 0 Å². The van der Waals surface area contributed by atoms with Crippen molar-refractivity contribution >= 4 is 0 Å². The van der Waals surface area contributed by atoms with Crippen LogP contribution < -0.4 is 4.74 Å². The SMILES string of the molecule is C=CCc1cc(O)cc2c1OC1C[C@@H](O)CCC21. The fraction of sp³-hybridized carbons (Fsp3) is 0.467. The van der Waals surface area contributed by atoms with E-state index in [1.54, 1.807) is 6.07 Å². The van der Waals surface area contributed by atoms with Crippen molar-refractivity contribution in [3.8, 4) is 11.5 Å². The molecule has 2 N–H and O–H groups in total. The van der Waals surface area contributed by atoms with Crippen molar-refractivity contribution in [2.75, 3.05) is 0 Å². The molecular weight excluding hydrogens is 228 g/mol. The monoisotopic (exact) mass is 246 g/mol. The largest absolute Gasteiger partial charge is 0.508 e. The van der Waals surface area contributed by atoms with Gasteiger partial charge >= 0.3 is 0 Å². The molecule has 2 unspecified atom stereocenters. The molecule has 1 aliphatic carbocycles. The zero-order valence-electron chi connectivity index (χ0n) is 10.3. The number of aromatic hydroxyl groups is 1. The number of hydrogen-bond donors (Lipinski definition) is 2.